The molecule has 0 aliphatic carbocycles. The van der Waals surface area contributed by atoms with Crippen LogP contribution in [0.3, 0.4) is 0 Å². The molecule has 3 rings (SSSR count). The number of hydrogen-bond donors (Lipinski definition) is 0. The van der Waals surface area contributed by atoms with Crippen molar-refractivity contribution < 1.29 is 14.0 Å². The van der Waals surface area contributed by atoms with Crippen molar-refractivity contribution in [2.24, 2.45) is 0 Å². The summed E-state index contributed by atoms with van der Waals surface area (Å²) in [4.78, 5) is 25.5. The van der Waals surface area contributed by atoms with Gasteiger partial charge in [0.2, 0.25) is 0 Å². The molecule has 0 bridgehead atoms. The zero-order valence-electron chi connectivity index (χ0n) is 12.0. The first-order valence-electron chi connectivity index (χ1n) is 6.96. The molecule has 0 atom stereocenters. The summed E-state index contributed by atoms with van der Waals surface area (Å²) in [6.07, 6.45) is 3.21. The number of halogens is 1. The lowest BCUT2D eigenvalue weighted by Gasteiger charge is -2.10. The molecule has 0 N–H and O–H groups in total. The fourth-order valence-electron chi connectivity index (χ4n) is 2.49. The van der Waals surface area contributed by atoms with Crippen LogP contribution in [-0.2, 0) is 0 Å². The quantitative estimate of drug-likeness (QED) is 0.813. The highest BCUT2D eigenvalue weighted by molar-refractivity contribution is 6.21. The Morgan fingerprint density at radius 1 is 1.00 bits per heavy atom. The molecule has 3 nitrogen and oxygen atoms in total. The van der Waals surface area contributed by atoms with Gasteiger partial charge in [-0.25, -0.2) is 4.39 Å². The van der Waals surface area contributed by atoms with Crippen LogP contribution >= 0.6 is 0 Å². The number of carbonyl (C=O) groups excluding carboxylic acids is 2. The predicted octanol–water partition coefficient (Wildman–Crippen LogP) is 3.44. The van der Waals surface area contributed by atoms with Gasteiger partial charge in [-0.1, -0.05) is 42.5 Å². The number of benzene rings is 2. The number of fused-ring (bicyclic) bond motifs is 1. The summed E-state index contributed by atoms with van der Waals surface area (Å²) in [7, 11) is 0. The number of imide groups is 1. The van der Waals surface area contributed by atoms with Crippen molar-refractivity contribution in [3.8, 4) is 0 Å². The van der Waals surface area contributed by atoms with E-state index in [-0.39, 0.29) is 24.2 Å². The summed E-state index contributed by atoms with van der Waals surface area (Å²) in [6, 6.07) is 11.8. The molecule has 0 unspecified atom stereocenters. The van der Waals surface area contributed by atoms with Crippen LogP contribution in [0, 0.1) is 12.7 Å². The molecule has 2 aromatic carbocycles. The van der Waals surface area contributed by atoms with Crippen LogP contribution in [0.15, 0.2) is 48.5 Å². The van der Waals surface area contributed by atoms with Gasteiger partial charge in [-0.15, -0.1) is 0 Å². The fourth-order valence-corrected chi connectivity index (χ4v) is 2.49. The van der Waals surface area contributed by atoms with E-state index < -0.39 is 0 Å². The maximum Gasteiger partial charge on any atom is 0.261 e. The minimum Gasteiger partial charge on any atom is -0.270 e. The van der Waals surface area contributed by atoms with E-state index in [2.05, 4.69) is 0 Å². The van der Waals surface area contributed by atoms with Gasteiger partial charge in [-0.2, -0.15) is 0 Å². The Hall–Kier alpha value is -2.75. The molecule has 1 aliphatic rings. The molecule has 0 radical (unpaired) electrons. The smallest absolute Gasteiger partial charge is 0.261 e. The molecule has 0 spiro atoms. The van der Waals surface area contributed by atoms with E-state index in [1.54, 1.807) is 61.5 Å². The molecule has 1 heterocycles. The first-order chi connectivity index (χ1) is 10.6. The number of hydrogen-bond acceptors (Lipinski definition) is 2. The number of nitrogens with zero attached hydrogens (tertiary/aromatic N) is 1. The summed E-state index contributed by atoms with van der Waals surface area (Å²) in [6.45, 7) is 1.82. The molecule has 22 heavy (non-hydrogen) atoms. The summed E-state index contributed by atoms with van der Waals surface area (Å²) in [5.41, 5.74) is 1.84. The van der Waals surface area contributed by atoms with Gasteiger partial charge in [-0.3, -0.25) is 14.5 Å². The van der Waals surface area contributed by atoms with Crippen molar-refractivity contribution in [2.75, 3.05) is 6.54 Å². The van der Waals surface area contributed by atoms with E-state index in [4.69, 9.17) is 0 Å². The van der Waals surface area contributed by atoms with Gasteiger partial charge in [0.1, 0.15) is 5.82 Å². The second kappa shape index (κ2) is 5.56. The largest absolute Gasteiger partial charge is 0.270 e. The van der Waals surface area contributed by atoms with Gasteiger partial charge < -0.3 is 0 Å². The molecular formula is C18H14FNO2. The molecule has 1 aliphatic heterocycles. The van der Waals surface area contributed by atoms with Crippen molar-refractivity contribution in [3.63, 3.8) is 0 Å². The minimum absolute atomic E-state index is 0.125. The van der Waals surface area contributed by atoms with Crippen LogP contribution in [-0.4, -0.2) is 23.3 Å². The molecule has 0 fully saturated rings. The van der Waals surface area contributed by atoms with E-state index in [0.717, 1.165) is 4.90 Å². The van der Waals surface area contributed by atoms with Gasteiger partial charge in [0.05, 0.1) is 11.1 Å². The zero-order chi connectivity index (χ0) is 15.7. The van der Waals surface area contributed by atoms with Crippen LogP contribution in [0.5, 0.6) is 0 Å². The molecule has 0 saturated heterocycles. The Morgan fingerprint density at radius 2 is 1.64 bits per heavy atom. The van der Waals surface area contributed by atoms with E-state index in [1.165, 1.54) is 0 Å². The lowest BCUT2D eigenvalue weighted by molar-refractivity contribution is 0.0672. The maximum absolute atomic E-state index is 13.9. The Kier molecular flexibility index (Phi) is 3.59. The standard InChI is InChI=1S/C18H14FNO2/c1-12-6-4-7-13(16(12)19)8-5-11-20-17(21)14-9-2-3-10-15(14)18(20)22/h2-10H,11H2,1H3/b8-5+. The molecule has 4 heteroatoms. The second-order valence-corrected chi connectivity index (χ2v) is 5.15. The molecule has 0 aromatic heterocycles. The third kappa shape index (κ3) is 2.33. The number of rotatable bonds is 3. The van der Waals surface area contributed by atoms with Crippen LogP contribution < -0.4 is 0 Å². The van der Waals surface area contributed by atoms with Gasteiger partial charge in [0, 0.05) is 12.1 Å². The Morgan fingerprint density at radius 3 is 2.27 bits per heavy atom. The zero-order valence-corrected chi connectivity index (χ0v) is 12.0. The minimum atomic E-state index is -0.310. The second-order valence-electron chi connectivity index (χ2n) is 5.15. The highest BCUT2D eigenvalue weighted by Gasteiger charge is 2.34. The number of amides is 2. The van der Waals surface area contributed by atoms with Gasteiger partial charge in [0.15, 0.2) is 0 Å². The van der Waals surface area contributed by atoms with E-state index in [0.29, 0.717) is 22.3 Å². The normalized spacial score (nSPS) is 14.0. The molecule has 2 amide bonds. The predicted molar refractivity (Wildman–Crippen MR) is 82.0 cm³/mol. The number of aryl methyl sites for hydroxylation is 1. The van der Waals surface area contributed by atoms with Crippen LogP contribution in [0.4, 0.5) is 4.39 Å². The van der Waals surface area contributed by atoms with E-state index in [1.807, 2.05) is 0 Å². The van der Waals surface area contributed by atoms with Crippen molar-refractivity contribution in [3.05, 3.63) is 76.6 Å². The third-order valence-corrected chi connectivity index (χ3v) is 3.69. The fraction of sp³-hybridized carbons (Fsp3) is 0.111. The maximum atomic E-state index is 13.9. The van der Waals surface area contributed by atoms with E-state index >= 15 is 0 Å². The lowest BCUT2D eigenvalue weighted by Crippen LogP contribution is -2.29. The van der Waals surface area contributed by atoms with E-state index in [9.17, 15) is 14.0 Å². The van der Waals surface area contributed by atoms with Gasteiger partial charge in [-0.05, 0) is 24.6 Å². The topological polar surface area (TPSA) is 37.4 Å². The van der Waals surface area contributed by atoms with Crippen molar-refractivity contribution in [1.29, 1.82) is 0 Å². The Labute approximate surface area is 127 Å². The van der Waals surface area contributed by atoms with Gasteiger partial charge in [0.25, 0.3) is 11.8 Å². The first kappa shape index (κ1) is 14.2. The highest BCUT2D eigenvalue weighted by atomic mass is 19.1. The first-order valence-corrected chi connectivity index (χ1v) is 6.96. The number of carbonyl (C=O) groups is 2. The third-order valence-electron chi connectivity index (χ3n) is 3.69. The van der Waals surface area contributed by atoms with Crippen LogP contribution in [0.1, 0.15) is 31.8 Å². The Bertz CT molecular complexity index is 760. The SMILES string of the molecule is Cc1cccc(/C=C/CN2C(=O)c3ccccc3C2=O)c1F. The van der Waals surface area contributed by atoms with Crippen molar-refractivity contribution in [2.45, 2.75) is 6.92 Å². The summed E-state index contributed by atoms with van der Waals surface area (Å²) in [5, 5.41) is 0. The van der Waals surface area contributed by atoms with Crippen molar-refractivity contribution >= 4 is 17.9 Å². The molecule has 110 valence electrons. The van der Waals surface area contributed by atoms with Crippen molar-refractivity contribution in [1.82, 2.24) is 4.90 Å². The molecule has 2 aromatic rings. The average Bonchev–Trinajstić information content (AvgIpc) is 2.77. The molecule has 0 saturated carbocycles. The highest BCUT2D eigenvalue weighted by Crippen LogP contribution is 2.22. The van der Waals surface area contributed by atoms with Gasteiger partial charge >= 0.3 is 0 Å². The Balaban J connectivity index is 1.78. The summed E-state index contributed by atoms with van der Waals surface area (Å²) < 4.78 is 13.9. The summed E-state index contributed by atoms with van der Waals surface area (Å²) >= 11 is 0. The average molecular weight is 295 g/mol. The lowest BCUT2D eigenvalue weighted by atomic mass is 10.1. The van der Waals surface area contributed by atoms with Crippen LogP contribution in [0.25, 0.3) is 6.08 Å². The van der Waals surface area contributed by atoms with Crippen LogP contribution in [0.2, 0.25) is 0 Å². The summed E-state index contributed by atoms with van der Waals surface area (Å²) in [5.74, 6) is -0.911. The monoisotopic (exact) mass is 295 g/mol. The molecular weight excluding hydrogens is 281 g/mol.